The van der Waals surface area contributed by atoms with E-state index in [0.717, 1.165) is 20.5 Å². The van der Waals surface area contributed by atoms with Gasteiger partial charge in [0.05, 0.1) is 10.2 Å². The molecule has 0 aliphatic carbocycles. The van der Waals surface area contributed by atoms with Gasteiger partial charge in [0.15, 0.2) is 10.3 Å². The monoisotopic (exact) mass is 251 g/mol. The normalized spacial score (nSPS) is 10.8. The minimum Gasteiger partial charge on any atom is -0.307 e. The topological polar surface area (TPSA) is 37.8 Å². The Hall–Kier alpha value is -1.53. The molecule has 2 heterocycles. The zero-order chi connectivity index (χ0) is 11.0. The highest BCUT2D eigenvalue weighted by molar-refractivity contribution is 7.22. The quantitative estimate of drug-likeness (QED) is 0.755. The van der Waals surface area contributed by atoms with E-state index in [1.807, 2.05) is 5.38 Å². The molecule has 0 saturated heterocycles. The summed E-state index contributed by atoms with van der Waals surface area (Å²) >= 11 is 2.92. The van der Waals surface area contributed by atoms with Crippen molar-refractivity contribution < 1.29 is 4.39 Å². The number of hydrogen-bond donors (Lipinski definition) is 1. The molecule has 1 aromatic carbocycles. The third kappa shape index (κ3) is 1.77. The first-order chi connectivity index (χ1) is 7.81. The second kappa shape index (κ2) is 3.80. The van der Waals surface area contributed by atoms with Crippen LogP contribution in [0.15, 0.2) is 29.8 Å². The molecule has 3 rings (SSSR count). The van der Waals surface area contributed by atoms with E-state index >= 15 is 0 Å². The summed E-state index contributed by atoms with van der Waals surface area (Å²) in [6, 6.07) is 4.57. The standard InChI is InChI=1S/C10H6FN3S2/c11-6-1-2-7-8(5-6)16-10(13-7)14-9-12-3-4-15-9/h1-5H,(H,12,13,14). The fourth-order valence-corrected chi connectivity index (χ4v) is 2.81. The Balaban J connectivity index is 1.99. The Bertz CT molecular complexity index is 618. The van der Waals surface area contributed by atoms with Crippen molar-refractivity contribution in [3.05, 3.63) is 35.6 Å². The Kier molecular flexibility index (Phi) is 2.30. The van der Waals surface area contributed by atoms with Crippen molar-refractivity contribution in [2.75, 3.05) is 5.32 Å². The molecular formula is C10H6FN3S2. The van der Waals surface area contributed by atoms with Crippen LogP contribution in [0.2, 0.25) is 0 Å². The molecule has 3 nitrogen and oxygen atoms in total. The Morgan fingerprint density at radius 3 is 3.00 bits per heavy atom. The van der Waals surface area contributed by atoms with Gasteiger partial charge in [0.1, 0.15) is 5.82 Å². The largest absolute Gasteiger partial charge is 0.307 e. The lowest BCUT2D eigenvalue weighted by atomic mass is 10.3. The van der Waals surface area contributed by atoms with Gasteiger partial charge in [-0.05, 0) is 18.2 Å². The van der Waals surface area contributed by atoms with Crippen LogP contribution in [0.4, 0.5) is 14.7 Å². The number of anilines is 2. The predicted molar refractivity (Wildman–Crippen MR) is 65.0 cm³/mol. The molecular weight excluding hydrogens is 245 g/mol. The smallest absolute Gasteiger partial charge is 0.190 e. The number of nitrogens with zero attached hydrogens (tertiary/aromatic N) is 2. The molecule has 0 fully saturated rings. The van der Waals surface area contributed by atoms with Gasteiger partial charge in [-0.3, -0.25) is 0 Å². The summed E-state index contributed by atoms with van der Waals surface area (Å²) in [5.41, 5.74) is 0.797. The highest BCUT2D eigenvalue weighted by Gasteiger charge is 2.05. The first kappa shape index (κ1) is 9.68. The van der Waals surface area contributed by atoms with Crippen LogP contribution in [-0.4, -0.2) is 9.97 Å². The number of benzene rings is 1. The van der Waals surface area contributed by atoms with Gasteiger partial charge in [0.2, 0.25) is 0 Å². The number of thiazole rings is 2. The number of hydrogen-bond acceptors (Lipinski definition) is 5. The van der Waals surface area contributed by atoms with Crippen molar-refractivity contribution in [3.8, 4) is 0 Å². The molecule has 0 unspecified atom stereocenters. The molecule has 0 saturated carbocycles. The zero-order valence-corrected chi connectivity index (χ0v) is 9.61. The molecule has 80 valence electrons. The number of fused-ring (bicyclic) bond motifs is 1. The van der Waals surface area contributed by atoms with Gasteiger partial charge >= 0.3 is 0 Å². The summed E-state index contributed by atoms with van der Waals surface area (Å²) in [6.45, 7) is 0. The third-order valence-corrected chi connectivity index (χ3v) is 3.62. The van der Waals surface area contributed by atoms with Crippen molar-refractivity contribution in [3.63, 3.8) is 0 Å². The fraction of sp³-hybridized carbons (Fsp3) is 0. The Morgan fingerprint density at radius 2 is 2.19 bits per heavy atom. The van der Waals surface area contributed by atoms with Crippen LogP contribution in [0, 0.1) is 5.82 Å². The second-order valence-corrected chi connectivity index (χ2v) is 5.02. The van der Waals surface area contributed by atoms with E-state index in [4.69, 9.17) is 0 Å². The van der Waals surface area contributed by atoms with Gasteiger partial charge < -0.3 is 5.32 Å². The highest BCUT2D eigenvalue weighted by atomic mass is 32.1. The molecule has 0 bridgehead atoms. The summed E-state index contributed by atoms with van der Waals surface area (Å²) in [4.78, 5) is 8.44. The van der Waals surface area contributed by atoms with Gasteiger partial charge in [-0.15, -0.1) is 11.3 Å². The van der Waals surface area contributed by atoms with E-state index in [9.17, 15) is 4.39 Å². The van der Waals surface area contributed by atoms with Crippen LogP contribution in [-0.2, 0) is 0 Å². The van der Waals surface area contributed by atoms with Crippen LogP contribution in [0.5, 0.6) is 0 Å². The van der Waals surface area contributed by atoms with Crippen molar-refractivity contribution in [1.29, 1.82) is 0 Å². The molecule has 0 spiro atoms. The maximum Gasteiger partial charge on any atom is 0.190 e. The first-order valence-electron chi connectivity index (χ1n) is 4.54. The molecule has 0 amide bonds. The zero-order valence-electron chi connectivity index (χ0n) is 7.98. The van der Waals surface area contributed by atoms with Crippen molar-refractivity contribution in [2.24, 2.45) is 0 Å². The molecule has 0 atom stereocenters. The average molecular weight is 251 g/mol. The van der Waals surface area contributed by atoms with Gasteiger partial charge in [0, 0.05) is 11.6 Å². The molecule has 6 heteroatoms. The van der Waals surface area contributed by atoms with Crippen LogP contribution >= 0.6 is 22.7 Å². The summed E-state index contributed by atoms with van der Waals surface area (Å²) in [5.74, 6) is -0.239. The maximum absolute atomic E-state index is 13.0. The number of aromatic nitrogens is 2. The average Bonchev–Trinajstić information content (AvgIpc) is 2.86. The van der Waals surface area contributed by atoms with E-state index in [2.05, 4.69) is 15.3 Å². The minimum atomic E-state index is -0.239. The van der Waals surface area contributed by atoms with Crippen LogP contribution in [0.1, 0.15) is 0 Å². The van der Waals surface area contributed by atoms with E-state index in [-0.39, 0.29) is 5.82 Å². The lowest BCUT2D eigenvalue weighted by Crippen LogP contribution is -1.86. The van der Waals surface area contributed by atoms with Crippen LogP contribution in [0.25, 0.3) is 10.2 Å². The lowest BCUT2D eigenvalue weighted by Gasteiger charge is -1.93. The summed E-state index contributed by atoms with van der Waals surface area (Å²) in [6.07, 6.45) is 1.72. The molecule has 3 aromatic rings. The third-order valence-electron chi connectivity index (χ3n) is 2.00. The summed E-state index contributed by atoms with van der Waals surface area (Å²) in [5, 5.41) is 6.49. The second-order valence-electron chi connectivity index (χ2n) is 3.09. The Morgan fingerprint density at radius 1 is 1.25 bits per heavy atom. The number of rotatable bonds is 2. The number of halogens is 1. The lowest BCUT2D eigenvalue weighted by molar-refractivity contribution is 0.630. The van der Waals surface area contributed by atoms with E-state index < -0.39 is 0 Å². The fourth-order valence-electron chi connectivity index (χ4n) is 1.33. The van der Waals surface area contributed by atoms with Crippen molar-refractivity contribution >= 4 is 43.2 Å². The van der Waals surface area contributed by atoms with E-state index in [1.165, 1.54) is 34.8 Å². The van der Waals surface area contributed by atoms with E-state index in [1.54, 1.807) is 12.3 Å². The SMILES string of the molecule is Fc1ccc2nc(Nc3nccs3)sc2c1. The molecule has 16 heavy (non-hydrogen) atoms. The van der Waals surface area contributed by atoms with Gasteiger partial charge in [-0.25, -0.2) is 14.4 Å². The molecule has 1 N–H and O–H groups in total. The maximum atomic E-state index is 13.0. The van der Waals surface area contributed by atoms with Crippen molar-refractivity contribution in [1.82, 2.24) is 9.97 Å². The Labute approximate surface area is 98.6 Å². The van der Waals surface area contributed by atoms with Crippen LogP contribution in [0.3, 0.4) is 0 Å². The van der Waals surface area contributed by atoms with Crippen molar-refractivity contribution in [2.45, 2.75) is 0 Å². The van der Waals surface area contributed by atoms with Gasteiger partial charge in [0.25, 0.3) is 0 Å². The summed E-state index contributed by atoms with van der Waals surface area (Å²) < 4.78 is 13.8. The van der Waals surface area contributed by atoms with Gasteiger partial charge in [-0.1, -0.05) is 11.3 Å². The van der Waals surface area contributed by atoms with Crippen LogP contribution < -0.4 is 5.32 Å². The van der Waals surface area contributed by atoms with Gasteiger partial charge in [-0.2, -0.15) is 0 Å². The molecule has 2 aromatic heterocycles. The summed E-state index contributed by atoms with van der Waals surface area (Å²) in [7, 11) is 0. The molecule has 0 radical (unpaired) electrons. The highest BCUT2D eigenvalue weighted by Crippen LogP contribution is 2.29. The predicted octanol–water partition coefficient (Wildman–Crippen LogP) is 3.64. The molecule has 0 aliphatic rings. The molecule has 0 aliphatic heterocycles. The first-order valence-corrected chi connectivity index (χ1v) is 6.23. The minimum absolute atomic E-state index is 0.239. The van der Waals surface area contributed by atoms with E-state index in [0.29, 0.717) is 0 Å². The number of nitrogens with one attached hydrogen (secondary N) is 1.